The quantitative estimate of drug-likeness (QED) is 0.0401. The number of aromatic nitrogens is 2. The second kappa shape index (κ2) is 41.3. The number of aliphatic hydroxyl groups is 7. The maximum absolute atomic E-state index is 10.6. The van der Waals surface area contributed by atoms with Crippen molar-refractivity contribution in [2.45, 2.75) is 38.1 Å². The minimum absolute atomic E-state index is 0. The second-order valence-electron chi connectivity index (χ2n) is 12.8. The summed E-state index contributed by atoms with van der Waals surface area (Å²) >= 11 is 0. The maximum atomic E-state index is 10.6. The molecular formula is C33H33N2Na7O29S7. The van der Waals surface area contributed by atoms with Gasteiger partial charge in [-0.15, -0.1) is 0 Å². The maximum Gasteiger partial charge on any atom is 1.00 e. The van der Waals surface area contributed by atoms with E-state index in [0.29, 0.717) is 0 Å². The molecule has 78 heavy (non-hydrogen) atoms. The van der Waals surface area contributed by atoms with Crippen LogP contribution in [0.25, 0.3) is 0 Å². The second-order valence-corrected chi connectivity index (χ2v) is 22.9. The monoisotopic (exact) mass is 1310 g/mol. The molecule has 0 saturated heterocycles. The normalized spacial score (nSPS) is 13.9. The average Bonchev–Trinajstić information content (AvgIpc) is 3.82. The van der Waals surface area contributed by atoms with Crippen molar-refractivity contribution < 1.29 is 338 Å². The number of benzene rings is 2. The molecule has 0 fully saturated rings. The van der Waals surface area contributed by atoms with Gasteiger partial charge in [0.15, 0.2) is 32.6 Å². The minimum atomic E-state index is -5.04. The van der Waals surface area contributed by atoms with Gasteiger partial charge in [0.25, 0.3) is 0 Å². The van der Waals surface area contributed by atoms with Crippen molar-refractivity contribution in [2.75, 3.05) is 0 Å². The van der Waals surface area contributed by atoms with E-state index in [2.05, 4.69) is 14.4 Å². The predicted molar refractivity (Wildman–Crippen MR) is 223 cm³/mol. The number of pyridine rings is 2. The first-order chi connectivity index (χ1) is 32.1. The van der Waals surface area contributed by atoms with E-state index < -0.39 is 120 Å². The third-order valence-corrected chi connectivity index (χ3v) is 13.3. The van der Waals surface area contributed by atoms with Crippen molar-refractivity contribution in [3.05, 3.63) is 155 Å². The summed E-state index contributed by atoms with van der Waals surface area (Å²) < 4.78 is 223. The molecule has 0 radical (unpaired) electrons. The van der Waals surface area contributed by atoms with Gasteiger partial charge in [-0.1, -0.05) is 48.5 Å². The Hall–Kier alpha value is 2.11. The number of aliphatic hydroxyl groups excluding tert-OH is 7. The summed E-state index contributed by atoms with van der Waals surface area (Å²) in [5, 5.41) is 63.1. The molecule has 0 saturated carbocycles. The van der Waals surface area contributed by atoms with E-state index in [9.17, 15) is 90.8 Å². The van der Waals surface area contributed by atoms with E-state index in [-0.39, 0.29) is 235 Å². The van der Waals surface area contributed by atoms with E-state index >= 15 is 0 Å². The van der Waals surface area contributed by atoms with Crippen LogP contribution in [0.3, 0.4) is 0 Å². The first-order valence-corrected chi connectivity index (χ1v) is 27.8. The van der Waals surface area contributed by atoms with Gasteiger partial charge in [-0.25, -0.2) is 58.9 Å². The molecule has 2 aromatic carbocycles. The Morgan fingerprint density at radius 1 is 0.321 bits per heavy atom. The topological polar surface area (TPSA) is 581 Å². The van der Waals surface area contributed by atoms with Crippen LogP contribution < -0.4 is 207 Å². The van der Waals surface area contributed by atoms with E-state index in [1.807, 2.05) is 0 Å². The molecule has 0 spiro atoms. The van der Waals surface area contributed by atoms with Crippen molar-refractivity contribution in [1.82, 2.24) is 9.97 Å². The average molecular weight is 1310 g/mol. The predicted octanol–water partition coefficient (Wildman–Crippen LogP) is -24.4. The van der Waals surface area contributed by atoms with Crippen LogP contribution in [0.4, 0.5) is 0 Å². The Balaban J connectivity index is -0.000000160. The van der Waals surface area contributed by atoms with E-state index in [1.54, 1.807) is 0 Å². The van der Waals surface area contributed by atoms with Gasteiger partial charge in [-0.2, -0.15) is 0 Å². The third kappa shape index (κ3) is 35.1. The summed E-state index contributed by atoms with van der Waals surface area (Å²) in [4.78, 5) is 7.16. The van der Waals surface area contributed by atoms with Crippen molar-refractivity contribution in [3.63, 3.8) is 0 Å². The molecule has 0 bridgehead atoms. The smallest absolute Gasteiger partial charge is 0.746 e. The van der Waals surface area contributed by atoms with Gasteiger partial charge in [0, 0.05) is 30.4 Å². The Labute approximate surface area is 601 Å². The molecule has 7 unspecified atom stereocenters. The van der Waals surface area contributed by atoms with Crippen molar-refractivity contribution in [2.24, 2.45) is 0 Å². The van der Waals surface area contributed by atoms with Crippen LogP contribution in [-0.2, 0) is 70.8 Å². The van der Waals surface area contributed by atoms with Gasteiger partial charge < -0.3 is 72.0 Å². The van der Waals surface area contributed by atoms with E-state index in [4.69, 9.17) is 35.7 Å². The number of nitrogens with zero attached hydrogens (tertiary/aromatic N) is 2. The van der Waals surface area contributed by atoms with Crippen LogP contribution >= 0.6 is 0 Å². The fourth-order valence-corrected chi connectivity index (χ4v) is 7.64. The van der Waals surface area contributed by atoms with Gasteiger partial charge in [-0.05, 0) is 64.2 Å². The summed E-state index contributed by atoms with van der Waals surface area (Å²) in [7, 11) is -34.1. The summed E-state index contributed by atoms with van der Waals surface area (Å²) in [5.74, 6) is -0.264. The van der Waals surface area contributed by atoms with Crippen LogP contribution in [0, 0.1) is 0 Å². The van der Waals surface area contributed by atoms with Crippen LogP contribution in [0.5, 0.6) is 0 Å². The molecule has 5 aromatic rings. The first-order valence-electron chi connectivity index (χ1n) is 17.5. The zero-order chi connectivity index (χ0) is 55.1. The molecule has 7 N–H and O–H groups in total. The molecule has 45 heteroatoms. The molecule has 3 aromatic heterocycles. The van der Waals surface area contributed by atoms with Crippen LogP contribution in [0.15, 0.2) is 120 Å². The Kier molecular flexibility index (Phi) is 49.7. The van der Waals surface area contributed by atoms with Crippen molar-refractivity contribution in [3.8, 4) is 0 Å². The van der Waals surface area contributed by atoms with Gasteiger partial charge in [0.05, 0.1) is 6.26 Å². The summed E-state index contributed by atoms with van der Waals surface area (Å²) in [6, 6.07) is 15.5. The summed E-state index contributed by atoms with van der Waals surface area (Å²) in [6.07, 6.45) is 6.30. The minimum Gasteiger partial charge on any atom is -0.746 e. The zero-order valence-electron chi connectivity index (χ0n) is 41.4. The number of hydrogen-bond acceptors (Lipinski definition) is 31. The third-order valence-electron chi connectivity index (χ3n) is 7.65. The SMILES string of the molecule is O=S(=O)([O-])C(O)c1ccc(C(O)S(=O)(=O)[O-])cc1.O=S(=O)([O-])C(O)c1cccc(C(O)S(=O)(=O)[O-])c1.O=S(=O)([O-])C(O)c1cccnc1.O=S(=O)([O-])C(O)c1ccco1.O=S(=O)([O-])C(O)c1ccncc1.[Na+].[Na+].[Na+].[Na+].[Na+].[Na+].[Na+]. The fourth-order valence-electron chi connectivity index (χ4n) is 4.32. The van der Waals surface area contributed by atoms with Crippen LogP contribution in [0.2, 0.25) is 0 Å². The molecule has 398 valence electrons. The summed E-state index contributed by atoms with van der Waals surface area (Å²) in [6.45, 7) is 0. The standard InChI is InChI=1S/2C8H10O8S2.2C6H7NO4S.C5H6O5S.7Na/c9-7(17(11,12)13)5-1-2-6(4-3-5)8(10)18(14,15)16;9-7(17(11,12)13)5-2-1-3-6(4-5)8(10)18(14,15)16;8-6(12(9,10)11)5-1-3-7-4-2-5;8-6(12(9,10)11)5-2-1-3-7-4-5;6-5(11(7,8)9)4-2-1-3-10-4;;;;;;;/h2*1-4,7-10H,(H,11,12,13)(H,14,15,16);2*1-4,6,8H,(H,9,10,11);1-3,5-6H,(H,7,8,9);;;;;;;/q;;;;;7*+1/p-7. The van der Waals surface area contributed by atoms with Crippen LogP contribution in [0.1, 0.15) is 77.2 Å². The largest absolute Gasteiger partial charge is 1.00 e. The van der Waals surface area contributed by atoms with Crippen molar-refractivity contribution >= 4 is 70.8 Å². The fraction of sp³-hybridized carbons (Fsp3) is 0.212. The van der Waals surface area contributed by atoms with Gasteiger partial charge in [0.1, 0.15) is 76.6 Å². The molecule has 5 rings (SSSR count). The Morgan fingerprint density at radius 2 is 0.603 bits per heavy atom. The molecule has 0 aliphatic heterocycles. The molecule has 0 amide bonds. The molecular weight excluding hydrogens is 1270 g/mol. The Bertz CT molecular complexity index is 3120. The van der Waals surface area contributed by atoms with Crippen LogP contribution in [-0.4, -0.2) is 137 Å². The summed E-state index contributed by atoms with van der Waals surface area (Å²) in [5.41, 5.74) is -17.0. The van der Waals surface area contributed by atoms with Gasteiger partial charge in [-0.3, -0.25) is 9.97 Å². The number of rotatable bonds is 14. The number of furan rings is 1. The molecule has 0 aliphatic carbocycles. The molecule has 31 nitrogen and oxygen atoms in total. The van der Waals surface area contributed by atoms with Gasteiger partial charge >= 0.3 is 207 Å². The molecule has 7 atom stereocenters. The van der Waals surface area contributed by atoms with E-state index in [0.717, 1.165) is 54.7 Å². The molecule has 0 aliphatic rings. The van der Waals surface area contributed by atoms with Crippen molar-refractivity contribution in [1.29, 1.82) is 0 Å². The zero-order valence-corrected chi connectivity index (χ0v) is 61.1. The molecule has 3 heterocycles. The Morgan fingerprint density at radius 3 is 0.872 bits per heavy atom. The van der Waals surface area contributed by atoms with E-state index in [1.165, 1.54) is 61.3 Å². The number of hydrogen-bond donors (Lipinski definition) is 7. The van der Waals surface area contributed by atoms with Gasteiger partial charge in [0.2, 0.25) is 5.44 Å². The first kappa shape index (κ1) is 93.8.